The minimum absolute atomic E-state index is 0.0165. The summed E-state index contributed by atoms with van der Waals surface area (Å²) in [6.07, 6.45) is 2.56. The number of rotatable bonds is 12. The number of allylic oxidation sites excluding steroid dienone is 1. The van der Waals surface area contributed by atoms with Crippen LogP contribution in [-0.2, 0) is 22.7 Å². The Morgan fingerprint density at radius 3 is 2.65 bits per heavy atom. The van der Waals surface area contributed by atoms with Gasteiger partial charge in [0, 0.05) is 23.9 Å². The Hall–Kier alpha value is -5.60. The fourth-order valence-corrected chi connectivity index (χ4v) is 4.10. The van der Waals surface area contributed by atoms with Gasteiger partial charge in [0.25, 0.3) is 5.56 Å². The molecule has 4 rings (SSSR count). The van der Waals surface area contributed by atoms with E-state index in [1.54, 1.807) is 0 Å². The molecule has 0 spiro atoms. The molecule has 0 fully saturated rings. The number of halogens is 3. The van der Waals surface area contributed by atoms with Gasteiger partial charge in [0.15, 0.2) is 5.75 Å². The van der Waals surface area contributed by atoms with Gasteiger partial charge in [-0.25, -0.2) is 22.9 Å². The Morgan fingerprint density at radius 1 is 1.14 bits per heavy atom. The predicted octanol–water partition coefficient (Wildman–Crippen LogP) is 3.17. The number of carboxylic acid groups (broad SMARTS) is 1. The fourth-order valence-electron chi connectivity index (χ4n) is 4.10. The Bertz CT molecular complexity index is 1770. The zero-order valence-electron chi connectivity index (χ0n) is 22.3. The van der Waals surface area contributed by atoms with E-state index in [4.69, 9.17) is 15.6 Å². The number of aromatic nitrogens is 3. The van der Waals surface area contributed by atoms with Gasteiger partial charge in [-0.3, -0.25) is 14.4 Å². The van der Waals surface area contributed by atoms with Crippen LogP contribution >= 0.6 is 0 Å². The standard InChI is InChI=1S/C28H25F3N6O6/c29-16-8-7-15(18(31)10-16)14-43-22-12-17(30)11-21-25(22)36-24(33-21)13-37-9-3-5-20(27(37)40)34-26(39)19(35-28(41)42)4-1-2-6-23(32)38/h2-3,5-12,19,35H,1,4,13-14H2,(H2,32,38)(H,33,36)(H,34,39)(H,41,42). The number of nitrogens with zero attached hydrogens (tertiary/aromatic N) is 2. The molecule has 2 aromatic heterocycles. The second-order valence-corrected chi connectivity index (χ2v) is 9.24. The van der Waals surface area contributed by atoms with Crippen molar-refractivity contribution in [2.45, 2.75) is 32.0 Å². The molecule has 0 radical (unpaired) electrons. The van der Waals surface area contributed by atoms with Crippen molar-refractivity contribution in [3.8, 4) is 5.75 Å². The molecular weight excluding hydrogens is 573 g/mol. The number of nitrogens with one attached hydrogen (secondary N) is 3. The SMILES string of the molecule is NC(=O)C=CCCC(NC(=O)O)C(=O)Nc1cccn(Cc2nc3c(OCc4ccc(F)cc4F)cc(F)cc3[nH]2)c1=O. The van der Waals surface area contributed by atoms with Crippen molar-refractivity contribution in [3.63, 3.8) is 0 Å². The summed E-state index contributed by atoms with van der Waals surface area (Å²) in [4.78, 5) is 55.2. The molecular formula is C28H25F3N6O6. The van der Waals surface area contributed by atoms with Gasteiger partial charge in [-0.1, -0.05) is 6.08 Å². The van der Waals surface area contributed by atoms with E-state index < -0.39 is 47.0 Å². The number of H-pyrrole nitrogens is 1. The van der Waals surface area contributed by atoms with Crippen molar-refractivity contribution >= 4 is 34.6 Å². The summed E-state index contributed by atoms with van der Waals surface area (Å²) in [7, 11) is 0. The first-order valence-corrected chi connectivity index (χ1v) is 12.7. The van der Waals surface area contributed by atoms with Crippen molar-refractivity contribution in [1.82, 2.24) is 19.9 Å². The van der Waals surface area contributed by atoms with Crippen LogP contribution in [0, 0.1) is 17.5 Å². The molecule has 0 aliphatic heterocycles. The fraction of sp³-hybridized carbons (Fsp3) is 0.179. The number of imidazole rings is 1. The number of hydrogen-bond donors (Lipinski definition) is 5. The lowest BCUT2D eigenvalue weighted by atomic mass is 10.1. The number of amides is 3. The lowest BCUT2D eigenvalue weighted by Gasteiger charge is -2.16. The largest absolute Gasteiger partial charge is 0.486 e. The molecule has 43 heavy (non-hydrogen) atoms. The first-order valence-electron chi connectivity index (χ1n) is 12.7. The van der Waals surface area contributed by atoms with Crippen molar-refractivity contribution in [1.29, 1.82) is 0 Å². The molecule has 3 amide bonds. The van der Waals surface area contributed by atoms with Crippen LogP contribution in [0.5, 0.6) is 5.75 Å². The summed E-state index contributed by atoms with van der Waals surface area (Å²) in [5.41, 5.74) is 4.70. The maximum absolute atomic E-state index is 14.3. The van der Waals surface area contributed by atoms with Crippen LogP contribution in [0.15, 0.2) is 65.6 Å². The maximum atomic E-state index is 14.3. The van der Waals surface area contributed by atoms with Crippen LogP contribution in [0.3, 0.4) is 0 Å². The van der Waals surface area contributed by atoms with Gasteiger partial charge < -0.3 is 35.8 Å². The van der Waals surface area contributed by atoms with Gasteiger partial charge in [-0.2, -0.15) is 0 Å². The van der Waals surface area contributed by atoms with Crippen LogP contribution in [-0.4, -0.2) is 43.6 Å². The van der Waals surface area contributed by atoms with Gasteiger partial charge in [0.2, 0.25) is 11.8 Å². The molecule has 2 aromatic carbocycles. The van der Waals surface area contributed by atoms with E-state index in [2.05, 4.69) is 20.6 Å². The average Bonchev–Trinajstić information content (AvgIpc) is 3.33. The molecule has 2 heterocycles. The summed E-state index contributed by atoms with van der Waals surface area (Å²) in [6, 6.07) is 6.75. The van der Waals surface area contributed by atoms with Crippen molar-refractivity contribution in [2.24, 2.45) is 5.73 Å². The predicted molar refractivity (Wildman–Crippen MR) is 148 cm³/mol. The Labute approximate surface area is 241 Å². The number of primary amides is 1. The lowest BCUT2D eigenvalue weighted by molar-refractivity contribution is -0.118. The highest BCUT2D eigenvalue weighted by Crippen LogP contribution is 2.27. The topological polar surface area (TPSA) is 181 Å². The molecule has 0 bridgehead atoms. The van der Waals surface area contributed by atoms with Crippen LogP contribution in [0.2, 0.25) is 0 Å². The van der Waals surface area contributed by atoms with E-state index in [9.17, 15) is 32.3 Å². The van der Waals surface area contributed by atoms with Crippen LogP contribution in [0.1, 0.15) is 24.2 Å². The van der Waals surface area contributed by atoms with Gasteiger partial charge in [0.05, 0.1) is 12.1 Å². The number of aromatic amines is 1. The molecule has 0 aliphatic rings. The third-order valence-corrected chi connectivity index (χ3v) is 6.08. The Morgan fingerprint density at radius 2 is 1.93 bits per heavy atom. The average molecular weight is 599 g/mol. The summed E-state index contributed by atoms with van der Waals surface area (Å²) in [5, 5.41) is 13.6. The maximum Gasteiger partial charge on any atom is 0.405 e. The van der Waals surface area contributed by atoms with E-state index in [1.807, 2.05) is 0 Å². The minimum Gasteiger partial charge on any atom is -0.486 e. The van der Waals surface area contributed by atoms with Crippen LogP contribution in [0.4, 0.5) is 23.7 Å². The van der Waals surface area contributed by atoms with E-state index in [0.29, 0.717) is 6.07 Å². The summed E-state index contributed by atoms with van der Waals surface area (Å²) < 4.78 is 48.3. The monoisotopic (exact) mass is 598 g/mol. The third-order valence-electron chi connectivity index (χ3n) is 6.08. The normalized spacial score (nSPS) is 11.9. The van der Waals surface area contributed by atoms with E-state index in [1.165, 1.54) is 35.0 Å². The molecule has 0 aliphatic carbocycles. The second-order valence-electron chi connectivity index (χ2n) is 9.24. The van der Waals surface area contributed by atoms with Crippen LogP contribution in [0.25, 0.3) is 11.0 Å². The van der Waals surface area contributed by atoms with Crippen molar-refractivity contribution < 1.29 is 37.4 Å². The highest BCUT2D eigenvalue weighted by Gasteiger charge is 2.21. The Kier molecular flexibility index (Phi) is 9.44. The number of carbonyl (C=O) groups excluding carboxylic acids is 2. The number of ether oxygens (including phenoxy) is 1. The molecule has 12 nitrogen and oxygen atoms in total. The van der Waals surface area contributed by atoms with E-state index >= 15 is 0 Å². The van der Waals surface area contributed by atoms with Crippen LogP contribution < -0.4 is 26.7 Å². The van der Waals surface area contributed by atoms with Gasteiger partial charge in [-0.15, -0.1) is 0 Å². The molecule has 0 saturated heterocycles. The van der Waals surface area contributed by atoms with Crippen molar-refractivity contribution in [2.75, 3.05) is 5.32 Å². The highest BCUT2D eigenvalue weighted by molar-refractivity contribution is 5.96. The summed E-state index contributed by atoms with van der Waals surface area (Å²) in [5.74, 6) is -3.55. The molecule has 6 N–H and O–H groups in total. The molecule has 0 saturated carbocycles. The summed E-state index contributed by atoms with van der Waals surface area (Å²) >= 11 is 0. The number of nitrogens with two attached hydrogens (primary N) is 1. The molecule has 224 valence electrons. The number of fused-ring (bicyclic) bond motifs is 1. The first kappa shape index (κ1) is 30.4. The molecule has 1 atom stereocenters. The molecule has 4 aromatic rings. The number of hydrogen-bond acceptors (Lipinski definition) is 6. The molecule has 15 heteroatoms. The zero-order chi connectivity index (χ0) is 31.1. The van der Waals surface area contributed by atoms with Gasteiger partial charge in [0.1, 0.15) is 47.1 Å². The third kappa shape index (κ3) is 8.00. The zero-order valence-corrected chi connectivity index (χ0v) is 22.3. The smallest absolute Gasteiger partial charge is 0.405 e. The van der Waals surface area contributed by atoms with E-state index in [-0.39, 0.29) is 59.9 Å². The van der Waals surface area contributed by atoms with Crippen molar-refractivity contribution in [3.05, 3.63) is 100 Å². The highest BCUT2D eigenvalue weighted by atomic mass is 19.1. The first-order chi connectivity index (χ1) is 20.5. The number of carbonyl (C=O) groups is 3. The Balaban J connectivity index is 1.51. The number of pyridine rings is 1. The number of anilines is 1. The number of benzene rings is 2. The summed E-state index contributed by atoms with van der Waals surface area (Å²) in [6.45, 7) is -0.465. The van der Waals surface area contributed by atoms with Gasteiger partial charge >= 0.3 is 6.09 Å². The van der Waals surface area contributed by atoms with Gasteiger partial charge in [-0.05, 0) is 49.2 Å². The van der Waals surface area contributed by atoms with E-state index in [0.717, 1.165) is 24.3 Å². The quantitative estimate of drug-likeness (QED) is 0.155. The molecule has 1 unspecified atom stereocenters. The minimum atomic E-state index is -1.46. The lowest BCUT2D eigenvalue weighted by Crippen LogP contribution is -2.44. The second kappa shape index (κ2) is 13.4.